The Morgan fingerprint density at radius 2 is 1.50 bits per heavy atom. The first-order chi connectivity index (χ1) is 6.54. The van der Waals surface area contributed by atoms with Crippen LogP contribution in [0.1, 0.15) is 6.92 Å². The smallest absolute Gasteiger partial charge is 0.111 e. The molecule has 0 amide bonds. The SMILES string of the molecule is CCSC[C@@H](O)[C@@H](O)[C@H](O)[C@H](O)CO. The molecule has 5 N–H and O–H groups in total. The normalized spacial score (nSPS) is 20.1. The van der Waals surface area contributed by atoms with Crippen molar-refractivity contribution in [2.45, 2.75) is 31.3 Å². The second-order valence-electron chi connectivity index (χ2n) is 2.96. The second-order valence-corrected chi connectivity index (χ2v) is 4.28. The fourth-order valence-electron chi connectivity index (χ4n) is 0.900. The van der Waals surface area contributed by atoms with Crippen molar-refractivity contribution in [2.24, 2.45) is 0 Å². The van der Waals surface area contributed by atoms with Crippen LogP contribution in [0.3, 0.4) is 0 Å². The Labute approximate surface area is 87.4 Å². The molecule has 0 saturated heterocycles. The number of rotatable bonds is 7. The molecule has 0 aliphatic heterocycles. The lowest BCUT2D eigenvalue weighted by molar-refractivity contribution is -0.109. The first-order valence-electron chi connectivity index (χ1n) is 4.45. The molecule has 0 unspecified atom stereocenters. The van der Waals surface area contributed by atoms with Crippen LogP contribution in [0.25, 0.3) is 0 Å². The molecule has 0 bridgehead atoms. The summed E-state index contributed by atoms with van der Waals surface area (Å²) >= 11 is 1.42. The summed E-state index contributed by atoms with van der Waals surface area (Å²) in [6.45, 7) is 1.26. The van der Waals surface area contributed by atoms with Gasteiger partial charge in [-0.05, 0) is 5.75 Å². The molecule has 0 heterocycles. The largest absolute Gasteiger partial charge is 0.394 e. The van der Waals surface area contributed by atoms with E-state index < -0.39 is 31.0 Å². The summed E-state index contributed by atoms with van der Waals surface area (Å²) in [7, 11) is 0. The van der Waals surface area contributed by atoms with E-state index in [0.29, 0.717) is 0 Å². The molecule has 14 heavy (non-hydrogen) atoms. The van der Waals surface area contributed by atoms with Gasteiger partial charge in [0.1, 0.15) is 18.3 Å². The third kappa shape index (κ3) is 4.59. The van der Waals surface area contributed by atoms with Crippen molar-refractivity contribution in [3.8, 4) is 0 Å². The van der Waals surface area contributed by atoms with Crippen molar-refractivity contribution >= 4 is 11.8 Å². The van der Waals surface area contributed by atoms with Crippen molar-refractivity contribution in [1.29, 1.82) is 0 Å². The van der Waals surface area contributed by atoms with Crippen LogP contribution < -0.4 is 0 Å². The third-order valence-corrected chi connectivity index (χ3v) is 2.80. The van der Waals surface area contributed by atoms with E-state index in [1.54, 1.807) is 0 Å². The maximum Gasteiger partial charge on any atom is 0.111 e. The molecular formula is C8H18O5S. The average molecular weight is 226 g/mol. The van der Waals surface area contributed by atoms with E-state index in [0.717, 1.165) is 5.75 Å². The molecule has 6 heteroatoms. The number of thioether (sulfide) groups is 1. The fraction of sp³-hybridized carbons (Fsp3) is 1.00. The summed E-state index contributed by atoms with van der Waals surface area (Å²) in [6, 6.07) is 0. The number of aliphatic hydroxyl groups excluding tert-OH is 5. The molecule has 5 nitrogen and oxygen atoms in total. The summed E-state index contributed by atoms with van der Waals surface area (Å²) < 4.78 is 0. The number of hydrogen-bond acceptors (Lipinski definition) is 6. The van der Waals surface area contributed by atoms with Gasteiger partial charge in [-0.15, -0.1) is 0 Å². The van der Waals surface area contributed by atoms with Crippen LogP contribution in [0.4, 0.5) is 0 Å². The lowest BCUT2D eigenvalue weighted by atomic mass is 10.0. The molecule has 0 saturated carbocycles. The van der Waals surface area contributed by atoms with E-state index in [2.05, 4.69) is 0 Å². The van der Waals surface area contributed by atoms with Crippen LogP contribution in [0.15, 0.2) is 0 Å². The second kappa shape index (κ2) is 7.44. The van der Waals surface area contributed by atoms with Gasteiger partial charge in [0.15, 0.2) is 0 Å². The van der Waals surface area contributed by atoms with E-state index in [4.69, 9.17) is 10.2 Å². The van der Waals surface area contributed by atoms with Crippen LogP contribution in [0.5, 0.6) is 0 Å². The molecule has 0 aromatic carbocycles. The Bertz CT molecular complexity index is 146. The van der Waals surface area contributed by atoms with Gasteiger partial charge in [-0.25, -0.2) is 0 Å². The van der Waals surface area contributed by atoms with Crippen LogP contribution >= 0.6 is 11.8 Å². The summed E-state index contributed by atoms with van der Waals surface area (Å²) in [5.41, 5.74) is 0. The van der Waals surface area contributed by atoms with Crippen molar-refractivity contribution in [3.05, 3.63) is 0 Å². The van der Waals surface area contributed by atoms with Gasteiger partial charge in [0.05, 0.1) is 12.7 Å². The lowest BCUT2D eigenvalue weighted by Gasteiger charge is -2.25. The lowest BCUT2D eigenvalue weighted by Crippen LogP contribution is -2.46. The minimum atomic E-state index is -1.52. The van der Waals surface area contributed by atoms with Crippen LogP contribution in [-0.4, -0.2) is 68.1 Å². The maximum atomic E-state index is 9.34. The predicted octanol–water partition coefficient (Wildman–Crippen LogP) is -1.82. The molecule has 4 atom stereocenters. The van der Waals surface area contributed by atoms with Crippen LogP contribution in [0.2, 0.25) is 0 Å². The molecule has 0 fully saturated rings. The van der Waals surface area contributed by atoms with E-state index in [-0.39, 0.29) is 5.75 Å². The van der Waals surface area contributed by atoms with Crippen molar-refractivity contribution in [2.75, 3.05) is 18.1 Å². The molecular weight excluding hydrogens is 208 g/mol. The summed E-state index contributed by atoms with van der Waals surface area (Å²) in [5, 5.41) is 45.4. The highest BCUT2D eigenvalue weighted by Gasteiger charge is 2.29. The quantitative estimate of drug-likeness (QED) is 0.350. The third-order valence-electron chi connectivity index (χ3n) is 1.82. The Morgan fingerprint density at radius 1 is 1.00 bits per heavy atom. The molecule has 0 spiro atoms. The first kappa shape index (κ1) is 14.2. The molecule has 0 rings (SSSR count). The van der Waals surface area contributed by atoms with Crippen LogP contribution in [0, 0.1) is 0 Å². The van der Waals surface area contributed by atoms with E-state index >= 15 is 0 Å². The fourth-order valence-corrected chi connectivity index (χ4v) is 1.57. The summed E-state index contributed by atoms with van der Waals surface area (Å²) in [6.07, 6.45) is -5.48. The molecule has 0 aliphatic rings. The minimum Gasteiger partial charge on any atom is -0.394 e. The Kier molecular flexibility index (Phi) is 7.52. The minimum absolute atomic E-state index is 0.285. The van der Waals surface area contributed by atoms with Gasteiger partial charge in [-0.2, -0.15) is 11.8 Å². The number of hydrogen-bond donors (Lipinski definition) is 5. The van der Waals surface area contributed by atoms with Gasteiger partial charge in [0.25, 0.3) is 0 Å². The summed E-state index contributed by atoms with van der Waals surface area (Å²) in [4.78, 5) is 0. The average Bonchev–Trinajstić information content (AvgIpc) is 2.22. The molecule has 0 aromatic rings. The van der Waals surface area contributed by atoms with Crippen LogP contribution in [-0.2, 0) is 0 Å². The topological polar surface area (TPSA) is 101 Å². The highest BCUT2D eigenvalue weighted by atomic mass is 32.2. The molecule has 86 valence electrons. The van der Waals surface area contributed by atoms with Crippen molar-refractivity contribution in [1.82, 2.24) is 0 Å². The maximum absolute atomic E-state index is 9.34. The number of aliphatic hydroxyl groups is 5. The highest BCUT2D eigenvalue weighted by Crippen LogP contribution is 2.10. The monoisotopic (exact) mass is 226 g/mol. The zero-order valence-electron chi connectivity index (χ0n) is 8.08. The first-order valence-corrected chi connectivity index (χ1v) is 5.60. The van der Waals surface area contributed by atoms with Gasteiger partial charge < -0.3 is 25.5 Å². The molecule has 0 aliphatic carbocycles. The Balaban J connectivity index is 3.95. The van der Waals surface area contributed by atoms with E-state index in [9.17, 15) is 15.3 Å². The standard InChI is InChI=1S/C8H18O5S/c1-2-14-4-6(11)8(13)7(12)5(10)3-9/h5-13H,2-4H2,1H3/t5-,6-,7-,8-/m1/s1. The molecule has 0 aromatic heterocycles. The zero-order chi connectivity index (χ0) is 11.1. The Hall–Kier alpha value is 0.150. The van der Waals surface area contributed by atoms with E-state index in [1.807, 2.05) is 6.92 Å². The predicted molar refractivity (Wildman–Crippen MR) is 54.1 cm³/mol. The van der Waals surface area contributed by atoms with E-state index in [1.165, 1.54) is 11.8 Å². The van der Waals surface area contributed by atoms with Gasteiger partial charge in [0, 0.05) is 5.75 Å². The van der Waals surface area contributed by atoms with Crippen molar-refractivity contribution in [3.63, 3.8) is 0 Å². The summed E-state index contributed by atoms with van der Waals surface area (Å²) in [5.74, 6) is 1.08. The van der Waals surface area contributed by atoms with Gasteiger partial charge >= 0.3 is 0 Å². The molecule has 0 radical (unpaired) electrons. The van der Waals surface area contributed by atoms with Crippen molar-refractivity contribution < 1.29 is 25.5 Å². The van der Waals surface area contributed by atoms with Gasteiger partial charge in [-0.3, -0.25) is 0 Å². The van der Waals surface area contributed by atoms with Gasteiger partial charge in [0.2, 0.25) is 0 Å². The Morgan fingerprint density at radius 3 is 1.93 bits per heavy atom. The highest BCUT2D eigenvalue weighted by molar-refractivity contribution is 7.99. The zero-order valence-corrected chi connectivity index (χ0v) is 8.89. The van der Waals surface area contributed by atoms with Gasteiger partial charge in [-0.1, -0.05) is 6.92 Å².